The molecule has 140 valence electrons. The minimum atomic E-state index is -0.776. The molecule has 0 bridgehead atoms. The van der Waals surface area contributed by atoms with Crippen LogP contribution in [0.2, 0.25) is 0 Å². The molecule has 8 heteroatoms. The van der Waals surface area contributed by atoms with Gasteiger partial charge in [0, 0.05) is 5.56 Å². The molecule has 0 spiro atoms. The second kappa shape index (κ2) is 7.77. The number of carbonyl (C=O) groups is 1. The zero-order valence-corrected chi connectivity index (χ0v) is 15.9. The van der Waals surface area contributed by atoms with E-state index in [4.69, 9.17) is 8.83 Å². The number of benzene rings is 2. The van der Waals surface area contributed by atoms with Gasteiger partial charge in [-0.15, -0.1) is 10.2 Å². The van der Waals surface area contributed by atoms with Crippen molar-refractivity contribution in [2.24, 2.45) is 0 Å². The molecule has 6 nitrogen and oxygen atoms in total. The molecule has 2 heterocycles. The number of aromatic nitrogens is 2. The lowest BCUT2D eigenvalue weighted by atomic mass is 10.1. The maximum atomic E-state index is 13.3. The first-order valence-electron chi connectivity index (χ1n) is 8.30. The maximum Gasteiger partial charge on any atom is 0.287 e. The van der Waals surface area contributed by atoms with Gasteiger partial charge in [0.1, 0.15) is 11.9 Å². The summed E-state index contributed by atoms with van der Waals surface area (Å²) in [6.45, 7) is 0. The molecule has 0 radical (unpaired) electrons. The average molecular weight is 442 g/mol. The van der Waals surface area contributed by atoms with E-state index in [9.17, 15) is 9.18 Å². The zero-order valence-electron chi connectivity index (χ0n) is 14.3. The summed E-state index contributed by atoms with van der Waals surface area (Å²) in [6, 6.07) is 17.3. The van der Waals surface area contributed by atoms with Crippen molar-refractivity contribution in [3.8, 4) is 11.5 Å². The number of hydrogen-bond acceptors (Lipinski definition) is 5. The van der Waals surface area contributed by atoms with Crippen LogP contribution in [0.25, 0.3) is 11.5 Å². The molecule has 2 aromatic carbocycles. The summed E-state index contributed by atoms with van der Waals surface area (Å²) >= 11 is 3.16. The highest BCUT2D eigenvalue weighted by Gasteiger charge is 2.25. The van der Waals surface area contributed by atoms with Gasteiger partial charge in [-0.3, -0.25) is 4.79 Å². The normalized spacial score (nSPS) is 11.9. The fourth-order valence-electron chi connectivity index (χ4n) is 2.63. The van der Waals surface area contributed by atoms with Crippen LogP contribution in [0, 0.1) is 5.82 Å². The monoisotopic (exact) mass is 441 g/mol. The van der Waals surface area contributed by atoms with Crippen LogP contribution < -0.4 is 5.32 Å². The van der Waals surface area contributed by atoms with Crippen LogP contribution in [0.4, 0.5) is 4.39 Å². The Bertz CT molecular complexity index is 1090. The Morgan fingerprint density at radius 1 is 0.964 bits per heavy atom. The first kappa shape index (κ1) is 18.1. The molecule has 1 N–H and O–H groups in total. The summed E-state index contributed by atoms with van der Waals surface area (Å²) in [5.74, 6) is -0.261. The van der Waals surface area contributed by atoms with Gasteiger partial charge in [-0.25, -0.2) is 4.39 Å². The van der Waals surface area contributed by atoms with Gasteiger partial charge in [0.2, 0.25) is 11.8 Å². The summed E-state index contributed by atoms with van der Waals surface area (Å²) in [5, 5.41) is 10.9. The summed E-state index contributed by atoms with van der Waals surface area (Å²) in [6.07, 6.45) is 0. The smallest absolute Gasteiger partial charge is 0.287 e. The highest BCUT2D eigenvalue weighted by molar-refractivity contribution is 9.10. The molecule has 0 saturated carbocycles. The minimum Gasteiger partial charge on any atom is -0.444 e. The van der Waals surface area contributed by atoms with Crippen LogP contribution >= 0.6 is 15.9 Å². The first-order chi connectivity index (χ1) is 13.6. The number of carbonyl (C=O) groups excluding carboxylic acids is 1. The summed E-state index contributed by atoms with van der Waals surface area (Å²) < 4.78 is 24.9. The molecular formula is C20H13BrFN3O3. The summed E-state index contributed by atoms with van der Waals surface area (Å²) in [4.78, 5) is 12.6. The third-order valence-corrected chi connectivity index (χ3v) is 4.41. The van der Waals surface area contributed by atoms with Crippen LogP contribution in [0.3, 0.4) is 0 Å². The van der Waals surface area contributed by atoms with Crippen molar-refractivity contribution in [2.75, 3.05) is 0 Å². The molecule has 28 heavy (non-hydrogen) atoms. The standard InChI is InChI=1S/C20H13BrFN3O3/c21-16-11-10-15(27-16)18(26)23-17(12-6-8-14(22)9-7-12)20-25-24-19(28-20)13-4-2-1-3-5-13/h1-11,17H,(H,23,26)/t17-/m0/s1. The van der Waals surface area contributed by atoms with Crippen LogP contribution in [0.15, 0.2) is 80.2 Å². The second-order valence-electron chi connectivity index (χ2n) is 5.87. The van der Waals surface area contributed by atoms with E-state index in [1.54, 1.807) is 18.2 Å². The third-order valence-electron chi connectivity index (χ3n) is 3.98. The topological polar surface area (TPSA) is 81.2 Å². The minimum absolute atomic E-state index is 0.113. The lowest BCUT2D eigenvalue weighted by Crippen LogP contribution is -2.29. The number of hydrogen-bond donors (Lipinski definition) is 1. The highest BCUT2D eigenvalue weighted by Crippen LogP contribution is 2.26. The van der Waals surface area contributed by atoms with E-state index in [-0.39, 0.29) is 17.5 Å². The molecule has 0 fully saturated rings. The van der Waals surface area contributed by atoms with Crippen molar-refractivity contribution in [1.29, 1.82) is 0 Å². The van der Waals surface area contributed by atoms with Crippen molar-refractivity contribution < 1.29 is 18.0 Å². The van der Waals surface area contributed by atoms with Gasteiger partial charge in [-0.05, 0) is 57.9 Å². The zero-order chi connectivity index (χ0) is 19.5. The molecule has 0 aliphatic carbocycles. The number of nitrogens with one attached hydrogen (secondary N) is 1. The lowest BCUT2D eigenvalue weighted by molar-refractivity contribution is 0.0908. The molecule has 0 aliphatic heterocycles. The molecule has 1 amide bonds. The van der Waals surface area contributed by atoms with E-state index < -0.39 is 11.9 Å². The van der Waals surface area contributed by atoms with Gasteiger partial charge in [-0.1, -0.05) is 30.3 Å². The number of rotatable bonds is 5. The molecule has 0 aliphatic rings. The van der Waals surface area contributed by atoms with Crippen molar-refractivity contribution in [3.05, 3.63) is 94.4 Å². The molecule has 1 atom stereocenters. The van der Waals surface area contributed by atoms with Crippen molar-refractivity contribution in [1.82, 2.24) is 15.5 Å². The predicted octanol–water partition coefficient (Wildman–Crippen LogP) is 4.75. The quantitative estimate of drug-likeness (QED) is 0.483. The van der Waals surface area contributed by atoms with Gasteiger partial charge in [-0.2, -0.15) is 0 Å². The Hall–Kier alpha value is -3.26. The van der Waals surface area contributed by atoms with Gasteiger partial charge in [0.15, 0.2) is 10.4 Å². The van der Waals surface area contributed by atoms with Gasteiger partial charge < -0.3 is 14.2 Å². The van der Waals surface area contributed by atoms with E-state index in [0.717, 1.165) is 5.56 Å². The highest BCUT2D eigenvalue weighted by atomic mass is 79.9. The molecule has 0 unspecified atom stereocenters. The summed E-state index contributed by atoms with van der Waals surface area (Å²) in [5.41, 5.74) is 1.34. The van der Waals surface area contributed by atoms with Gasteiger partial charge >= 0.3 is 0 Å². The van der Waals surface area contributed by atoms with E-state index in [1.807, 2.05) is 30.3 Å². The maximum absolute atomic E-state index is 13.3. The van der Waals surface area contributed by atoms with Gasteiger partial charge in [0.25, 0.3) is 5.91 Å². The molecule has 0 saturated heterocycles. The molecule has 4 rings (SSSR count). The Balaban J connectivity index is 1.68. The van der Waals surface area contributed by atoms with E-state index >= 15 is 0 Å². The molecule has 4 aromatic rings. The van der Waals surface area contributed by atoms with Crippen LogP contribution in [-0.2, 0) is 0 Å². The van der Waals surface area contributed by atoms with Crippen molar-refractivity contribution >= 4 is 21.8 Å². The number of amides is 1. The second-order valence-corrected chi connectivity index (χ2v) is 6.65. The number of halogens is 2. The van der Waals surface area contributed by atoms with Gasteiger partial charge in [0.05, 0.1) is 0 Å². The average Bonchev–Trinajstić information content (AvgIpc) is 3.37. The van der Waals surface area contributed by atoms with Crippen LogP contribution in [-0.4, -0.2) is 16.1 Å². The van der Waals surface area contributed by atoms with Crippen molar-refractivity contribution in [2.45, 2.75) is 6.04 Å². The first-order valence-corrected chi connectivity index (χ1v) is 9.10. The molecule has 2 aromatic heterocycles. The van der Waals surface area contributed by atoms with E-state index in [1.165, 1.54) is 18.2 Å². The third kappa shape index (κ3) is 3.86. The summed E-state index contributed by atoms with van der Waals surface area (Å²) in [7, 11) is 0. The van der Waals surface area contributed by atoms with E-state index in [0.29, 0.717) is 16.1 Å². The van der Waals surface area contributed by atoms with Crippen LogP contribution in [0.1, 0.15) is 28.1 Å². The Morgan fingerprint density at radius 2 is 1.71 bits per heavy atom. The fourth-order valence-corrected chi connectivity index (χ4v) is 2.94. The Morgan fingerprint density at radius 3 is 2.39 bits per heavy atom. The SMILES string of the molecule is O=C(N[C@@H](c1ccc(F)cc1)c1nnc(-c2ccccc2)o1)c1ccc(Br)o1. The lowest BCUT2D eigenvalue weighted by Gasteiger charge is -2.15. The number of furan rings is 1. The molecular weight excluding hydrogens is 429 g/mol. The predicted molar refractivity (Wildman–Crippen MR) is 102 cm³/mol. The van der Waals surface area contributed by atoms with E-state index in [2.05, 4.69) is 31.4 Å². The largest absolute Gasteiger partial charge is 0.444 e. The van der Waals surface area contributed by atoms with Crippen LogP contribution in [0.5, 0.6) is 0 Å². The van der Waals surface area contributed by atoms with Crippen molar-refractivity contribution in [3.63, 3.8) is 0 Å². The fraction of sp³-hybridized carbons (Fsp3) is 0.0500. The Labute approximate surface area is 167 Å². The number of nitrogens with zero attached hydrogens (tertiary/aromatic N) is 2. The Kier molecular flexibility index (Phi) is 5.03.